The highest BCUT2D eigenvalue weighted by Crippen LogP contribution is 2.23. The van der Waals surface area contributed by atoms with Gasteiger partial charge in [0.1, 0.15) is 0 Å². The molecule has 4 heteroatoms. The highest BCUT2D eigenvalue weighted by atomic mass is 32.2. The van der Waals surface area contributed by atoms with Crippen molar-refractivity contribution >= 4 is 11.8 Å². The molecule has 2 atom stereocenters. The maximum Gasteiger partial charge on any atom is 0.0951 e. The molecule has 0 aliphatic carbocycles. The normalized spacial score (nSPS) is 25.8. The van der Waals surface area contributed by atoms with Gasteiger partial charge < -0.3 is 14.9 Å². The molecule has 3 nitrogen and oxygen atoms in total. The average molecular weight is 199 g/mol. The summed E-state index contributed by atoms with van der Waals surface area (Å²) >= 11 is 1.89. The Morgan fingerprint density at radius 3 is 3.15 bits per heavy atom. The Balaban J connectivity index is 1.99. The van der Waals surface area contributed by atoms with E-state index >= 15 is 0 Å². The minimum absolute atomic E-state index is 0.0495. The third-order valence-electron chi connectivity index (χ3n) is 2.17. The predicted octanol–water partition coefficient (Wildman–Crippen LogP) is 1.41. The fourth-order valence-corrected chi connectivity index (χ4v) is 2.31. The van der Waals surface area contributed by atoms with E-state index in [1.807, 2.05) is 17.8 Å². The highest BCUT2D eigenvalue weighted by molar-refractivity contribution is 7.99. The van der Waals surface area contributed by atoms with Crippen molar-refractivity contribution < 1.29 is 9.15 Å². The van der Waals surface area contributed by atoms with Crippen LogP contribution < -0.4 is 5.73 Å². The van der Waals surface area contributed by atoms with Crippen molar-refractivity contribution in [2.45, 2.75) is 12.1 Å². The van der Waals surface area contributed by atoms with E-state index in [1.54, 1.807) is 12.5 Å². The lowest BCUT2D eigenvalue weighted by atomic mass is 10.1. The zero-order valence-electron chi connectivity index (χ0n) is 7.31. The van der Waals surface area contributed by atoms with Gasteiger partial charge in [-0.15, -0.1) is 0 Å². The van der Waals surface area contributed by atoms with E-state index in [4.69, 9.17) is 14.9 Å². The quantitative estimate of drug-likeness (QED) is 0.782. The zero-order chi connectivity index (χ0) is 9.10. The average Bonchev–Trinajstić information content (AvgIpc) is 2.71. The van der Waals surface area contributed by atoms with Crippen LogP contribution in [0.1, 0.15) is 11.6 Å². The van der Waals surface area contributed by atoms with E-state index in [2.05, 4.69) is 0 Å². The molecule has 2 unspecified atom stereocenters. The van der Waals surface area contributed by atoms with Crippen LogP contribution in [0, 0.1) is 0 Å². The molecule has 1 aliphatic rings. The standard InChI is InChI=1S/C9H13NO2S/c10-9(7-1-2-11-5-7)8-6-13-4-3-12-8/h1-2,5,8-9H,3-4,6,10H2. The highest BCUT2D eigenvalue weighted by Gasteiger charge is 2.23. The van der Waals surface area contributed by atoms with Gasteiger partial charge in [-0.2, -0.15) is 11.8 Å². The first-order chi connectivity index (χ1) is 6.38. The molecule has 1 aromatic heterocycles. The first-order valence-corrected chi connectivity index (χ1v) is 5.50. The van der Waals surface area contributed by atoms with Crippen molar-refractivity contribution in [1.29, 1.82) is 0 Å². The molecular weight excluding hydrogens is 186 g/mol. The number of hydrogen-bond donors (Lipinski definition) is 1. The van der Waals surface area contributed by atoms with E-state index in [1.165, 1.54) is 0 Å². The fourth-order valence-electron chi connectivity index (χ4n) is 1.39. The fraction of sp³-hybridized carbons (Fsp3) is 0.556. The molecule has 2 rings (SSSR count). The third-order valence-corrected chi connectivity index (χ3v) is 3.19. The SMILES string of the molecule is NC(c1ccoc1)C1CSCCO1. The molecule has 2 heterocycles. The van der Waals surface area contributed by atoms with Crippen molar-refractivity contribution in [3.63, 3.8) is 0 Å². The Hall–Kier alpha value is -0.450. The first kappa shape index (κ1) is 9.12. The minimum Gasteiger partial charge on any atom is -0.472 e. The topological polar surface area (TPSA) is 48.4 Å². The zero-order valence-corrected chi connectivity index (χ0v) is 8.13. The van der Waals surface area contributed by atoms with Gasteiger partial charge in [0.2, 0.25) is 0 Å². The van der Waals surface area contributed by atoms with Crippen LogP contribution in [0.15, 0.2) is 23.0 Å². The predicted molar refractivity (Wildman–Crippen MR) is 52.7 cm³/mol. The van der Waals surface area contributed by atoms with Crippen LogP contribution in [0.25, 0.3) is 0 Å². The first-order valence-electron chi connectivity index (χ1n) is 4.35. The van der Waals surface area contributed by atoms with Crippen molar-refractivity contribution in [3.8, 4) is 0 Å². The second-order valence-corrected chi connectivity index (χ2v) is 4.22. The van der Waals surface area contributed by atoms with Gasteiger partial charge in [0.15, 0.2) is 0 Å². The summed E-state index contributed by atoms with van der Waals surface area (Å²) in [7, 11) is 0. The van der Waals surface area contributed by atoms with E-state index in [9.17, 15) is 0 Å². The molecule has 0 radical (unpaired) electrons. The van der Waals surface area contributed by atoms with Crippen molar-refractivity contribution in [1.82, 2.24) is 0 Å². The minimum atomic E-state index is -0.0495. The smallest absolute Gasteiger partial charge is 0.0951 e. The second kappa shape index (κ2) is 4.17. The summed E-state index contributed by atoms with van der Waals surface area (Å²) < 4.78 is 10.6. The number of nitrogens with two attached hydrogens (primary N) is 1. The lowest BCUT2D eigenvalue weighted by Crippen LogP contribution is -2.34. The van der Waals surface area contributed by atoms with Crippen molar-refractivity contribution in [2.24, 2.45) is 5.73 Å². The van der Waals surface area contributed by atoms with Crippen LogP contribution in [-0.4, -0.2) is 24.2 Å². The Labute approximate surface area is 81.6 Å². The van der Waals surface area contributed by atoms with Gasteiger partial charge in [-0.25, -0.2) is 0 Å². The molecular formula is C9H13NO2S. The Bertz CT molecular complexity index is 244. The molecule has 0 aromatic carbocycles. The number of ether oxygens (including phenoxy) is 1. The number of furan rings is 1. The van der Waals surface area contributed by atoms with E-state index in [-0.39, 0.29) is 12.1 Å². The molecule has 2 N–H and O–H groups in total. The van der Waals surface area contributed by atoms with Gasteiger partial charge in [0.25, 0.3) is 0 Å². The maximum absolute atomic E-state index is 6.02. The molecule has 0 spiro atoms. The van der Waals surface area contributed by atoms with Crippen LogP contribution in [0.5, 0.6) is 0 Å². The molecule has 1 aromatic rings. The van der Waals surface area contributed by atoms with Gasteiger partial charge in [-0.3, -0.25) is 0 Å². The molecule has 1 aliphatic heterocycles. The molecule has 0 amide bonds. The summed E-state index contributed by atoms with van der Waals surface area (Å²) in [6.45, 7) is 0.806. The molecule has 72 valence electrons. The Kier molecular flexibility index (Phi) is 2.93. The number of thioether (sulfide) groups is 1. The van der Waals surface area contributed by atoms with Crippen molar-refractivity contribution in [2.75, 3.05) is 18.1 Å². The van der Waals surface area contributed by atoms with Gasteiger partial charge in [-0.05, 0) is 6.07 Å². The summed E-state index contributed by atoms with van der Waals surface area (Å²) in [6.07, 6.45) is 3.47. The third kappa shape index (κ3) is 2.07. The summed E-state index contributed by atoms with van der Waals surface area (Å²) in [6, 6.07) is 1.85. The number of hydrogen-bond acceptors (Lipinski definition) is 4. The maximum atomic E-state index is 6.02. The largest absolute Gasteiger partial charge is 0.472 e. The summed E-state index contributed by atoms with van der Waals surface area (Å²) in [4.78, 5) is 0. The monoisotopic (exact) mass is 199 g/mol. The summed E-state index contributed by atoms with van der Waals surface area (Å²) in [5.41, 5.74) is 7.04. The summed E-state index contributed by atoms with van der Waals surface area (Å²) in [5, 5.41) is 0. The number of rotatable bonds is 2. The van der Waals surface area contributed by atoms with Crippen LogP contribution >= 0.6 is 11.8 Å². The van der Waals surface area contributed by atoms with Crippen LogP contribution in [0.2, 0.25) is 0 Å². The molecule has 13 heavy (non-hydrogen) atoms. The Morgan fingerprint density at radius 1 is 1.62 bits per heavy atom. The van der Waals surface area contributed by atoms with Gasteiger partial charge >= 0.3 is 0 Å². The lowest BCUT2D eigenvalue weighted by molar-refractivity contribution is 0.0568. The molecule has 0 saturated carbocycles. The molecule has 0 bridgehead atoms. The lowest BCUT2D eigenvalue weighted by Gasteiger charge is -2.26. The van der Waals surface area contributed by atoms with E-state index < -0.39 is 0 Å². The van der Waals surface area contributed by atoms with Gasteiger partial charge in [-0.1, -0.05) is 0 Å². The van der Waals surface area contributed by atoms with Crippen molar-refractivity contribution in [3.05, 3.63) is 24.2 Å². The van der Waals surface area contributed by atoms with Gasteiger partial charge in [0, 0.05) is 17.1 Å². The Morgan fingerprint density at radius 2 is 2.54 bits per heavy atom. The van der Waals surface area contributed by atoms with E-state index in [0.29, 0.717) is 0 Å². The van der Waals surface area contributed by atoms with E-state index in [0.717, 1.165) is 23.7 Å². The molecule has 1 fully saturated rings. The summed E-state index contributed by atoms with van der Waals surface area (Å²) in [5.74, 6) is 2.06. The molecule has 1 saturated heterocycles. The van der Waals surface area contributed by atoms with Crippen LogP contribution in [0.3, 0.4) is 0 Å². The second-order valence-electron chi connectivity index (χ2n) is 3.07. The van der Waals surface area contributed by atoms with Crippen LogP contribution in [0.4, 0.5) is 0 Å². The van der Waals surface area contributed by atoms with Crippen LogP contribution in [-0.2, 0) is 4.74 Å². The van der Waals surface area contributed by atoms with Gasteiger partial charge in [0.05, 0.1) is 31.3 Å².